The van der Waals surface area contributed by atoms with Gasteiger partial charge in [0, 0.05) is 31.6 Å². The van der Waals surface area contributed by atoms with Crippen LogP contribution in [0.1, 0.15) is 40.9 Å². The van der Waals surface area contributed by atoms with Crippen molar-refractivity contribution in [3.05, 3.63) is 51.1 Å². The number of nitrogens with zero attached hydrogens (tertiary/aromatic N) is 3. The van der Waals surface area contributed by atoms with Gasteiger partial charge in [-0.3, -0.25) is 4.79 Å². The molecule has 3 rings (SSSR count). The van der Waals surface area contributed by atoms with E-state index in [1.165, 1.54) is 18.2 Å². The Morgan fingerprint density at radius 1 is 1.24 bits per heavy atom. The fourth-order valence-corrected chi connectivity index (χ4v) is 3.45. The molecular formula is C20H18Cl2F2N4O. The normalized spacial score (nSPS) is 16.1. The first-order chi connectivity index (χ1) is 13.7. The number of aromatic nitrogens is 1. The van der Waals surface area contributed by atoms with Gasteiger partial charge in [-0.05, 0) is 37.6 Å². The van der Waals surface area contributed by atoms with Crippen molar-refractivity contribution in [2.24, 2.45) is 0 Å². The van der Waals surface area contributed by atoms with Crippen molar-refractivity contribution in [2.75, 3.05) is 23.3 Å². The minimum absolute atomic E-state index is 0.0842. The fraction of sp³-hybridized carbons (Fsp3) is 0.350. The zero-order valence-corrected chi connectivity index (χ0v) is 17.1. The number of alkyl halides is 2. The van der Waals surface area contributed by atoms with Gasteiger partial charge in [-0.25, -0.2) is 13.8 Å². The van der Waals surface area contributed by atoms with E-state index in [9.17, 15) is 13.6 Å². The Morgan fingerprint density at radius 3 is 2.72 bits per heavy atom. The molecule has 1 N–H and O–H groups in total. The van der Waals surface area contributed by atoms with E-state index in [2.05, 4.69) is 10.3 Å². The van der Waals surface area contributed by atoms with Crippen LogP contribution in [0.25, 0.3) is 0 Å². The molecule has 5 nitrogen and oxygen atoms in total. The monoisotopic (exact) mass is 438 g/mol. The Bertz CT molecular complexity index is 991. The number of benzene rings is 1. The number of hydrogen-bond donors (Lipinski definition) is 1. The Morgan fingerprint density at radius 2 is 2.00 bits per heavy atom. The molecule has 1 aliphatic heterocycles. The van der Waals surface area contributed by atoms with Gasteiger partial charge in [0.05, 0.1) is 26.9 Å². The summed E-state index contributed by atoms with van der Waals surface area (Å²) in [5.74, 6) is -2.91. The number of nitriles is 1. The quantitative estimate of drug-likeness (QED) is 0.691. The molecular weight excluding hydrogens is 421 g/mol. The summed E-state index contributed by atoms with van der Waals surface area (Å²) in [5, 5.41) is 12.4. The lowest BCUT2D eigenvalue weighted by Gasteiger charge is -2.24. The molecule has 1 aromatic heterocycles. The van der Waals surface area contributed by atoms with E-state index >= 15 is 0 Å². The third-order valence-electron chi connectivity index (χ3n) is 4.74. The number of halogens is 4. The number of carbonyl (C=O) groups is 1. The molecule has 29 heavy (non-hydrogen) atoms. The number of nitrogens with one attached hydrogen (secondary N) is 1. The Balaban J connectivity index is 1.93. The molecule has 0 unspecified atom stereocenters. The van der Waals surface area contributed by atoms with E-state index in [0.717, 1.165) is 0 Å². The van der Waals surface area contributed by atoms with E-state index in [0.29, 0.717) is 35.2 Å². The van der Waals surface area contributed by atoms with Crippen molar-refractivity contribution >= 4 is 40.6 Å². The van der Waals surface area contributed by atoms with Crippen LogP contribution in [-0.4, -0.2) is 29.9 Å². The predicted molar refractivity (Wildman–Crippen MR) is 109 cm³/mol. The van der Waals surface area contributed by atoms with Gasteiger partial charge in [-0.2, -0.15) is 5.26 Å². The number of amides is 1. The van der Waals surface area contributed by atoms with Gasteiger partial charge in [0.25, 0.3) is 5.91 Å². The van der Waals surface area contributed by atoms with Crippen molar-refractivity contribution in [3.8, 4) is 6.07 Å². The van der Waals surface area contributed by atoms with Crippen LogP contribution in [0.2, 0.25) is 10.0 Å². The molecule has 0 saturated carbocycles. The van der Waals surface area contributed by atoms with Crippen LogP contribution in [0.15, 0.2) is 24.3 Å². The van der Waals surface area contributed by atoms with E-state index < -0.39 is 11.8 Å². The van der Waals surface area contributed by atoms with Gasteiger partial charge in [0.15, 0.2) is 0 Å². The number of hydrogen-bond acceptors (Lipinski definition) is 4. The molecule has 0 spiro atoms. The molecule has 1 saturated heterocycles. The third-order valence-corrected chi connectivity index (χ3v) is 5.45. The van der Waals surface area contributed by atoms with Crippen molar-refractivity contribution in [2.45, 2.75) is 32.1 Å². The van der Waals surface area contributed by atoms with Crippen LogP contribution in [0, 0.1) is 18.3 Å². The summed E-state index contributed by atoms with van der Waals surface area (Å²) in [6.45, 7) is 2.14. The smallest absolute Gasteiger partial charge is 0.259 e. The SMILES string of the molecule is Cc1nc(N2CCCC(F)(F)CC2)c(C(=O)Nc2ccc(Cl)c(C#N)c2)cc1Cl. The standard InChI is InChI=1S/C20H18Cl2F2N4O/c1-12-17(22)10-15(18(26-12)28-7-2-5-20(23,24)6-8-28)19(29)27-14-3-4-16(21)13(9-14)11-25/h3-4,9-10H,2,5-8H2,1H3,(H,27,29). The Kier molecular flexibility index (Phi) is 6.25. The minimum atomic E-state index is -2.73. The first-order valence-corrected chi connectivity index (χ1v) is 9.77. The summed E-state index contributed by atoms with van der Waals surface area (Å²) < 4.78 is 27.5. The highest BCUT2D eigenvalue weighted by Crippen LogP contribution is 2.32. The maximum Gasteiger partial charge on any atom is 0.259 e. The summed E-state index contributed by atoms with van der Waals surface area (Å²) in [6, 6.07) is 7.96. The van der Waals surface area contributed by atoms with Gasteiger partial charge in [-0.15, -0.1) is 0 Å². The molecule has 1 aliphatic rings. The van der Waals surface area contributed by atoms with E-state index in [1.54, 1.807) is 17.9 Å². The number of carbonyl (C=O) groups excluding carboxylic acids is 1. The van der Waals surface area contributed by atoms with Crippen molar-refractivity contribution in [1.82, 2.24) is 4.98 Å². The summed E-state index contributed by atoms with van der Waals surface area (Å²) in [4.78, 5) is 19.0. The first kappa shape index (κ1) is 21.3. The Labute approximate surface area is 177 Å². The van der Waals surface area contributed by atoms with Crippen molar-refractivity contribution < 1.29 is 13.6 Å². The third kappa shape index (κ3) is 4.95. The molecule has 9 heteroatoms. The van der Waals surface area contributed by atoms with Crippen LogP contribution in [0.3, 0.4) is 0 Å². The second-order valence-electron chi connectivity index (χ2n) is 6.88. The van der Waals surface area contributed by atoms with Crippen molar-refractivity contribution in [3.63, 3.8) is 0 Å². The highest BCUT2D eigenvalue weighted by atomic mass is 35.5. The van der Waals surface area contributed by atoms with Gasteiger partial charge < -0.3 is 10.2 Å². The minimum Gasteiger partial charge on any atom is -0.356 e. The topological polar surface area (TPSA) is 69.0 Å². The number of aryl methyl sites for hydroxylation is 1. The second kappa shape index (κ2) is 8.52. The summed E-state index contributed by atoms with van der Waals surface area (Å²) in [7, 11) is 0. The molecule has 2 heterocycles. The van der Waals surface area contributed by atoms with Gasteiger partial charge in [0.1, 0.15) is 11.9 Å². The van der Waals surface area contributed by atoms with E-state index in [4.69, 9.17) is 28.5 Å². The maximum atomic E-state index is 13.8. The highest BCUT2D eigenvalue weighted by Gasteiger charge is 2.33. The highest BCUT2D eigenvalue weighted by molar-refractivity contribution is 6.32. The zero-order valence-electron chi connectivity index (χ0n) is 15.6. The van der Waals surface area contributed by atoms with Crippen LogP contribution < -0.4 is 10.2 Å². The average molecular weight is 439 g/mol. The number of rotatable bonds is 3. The van der Waals surface area contributed by atoms with Crippen LogP contribution >= 0.6 is 23.2 Å². The first-order valence-electron chi connectivity index (χ1n) is 9.01. The molecule has 0 aliphatic carbocycles. The molecule has 1 aromatic carbocycles. The lowest BCUT2D eigenvalue weighted by molar-refractivity contribution is -0.0102. The van der Waals surface area contributed by atoms with Crippen LogP contribution in [0.5, 0.6) is 0 Å². The molecule has 2 aromatic rings. The summed E-state index contributed by atoms with van der Waals surface area (Å²) >= 11 is 12.1. The maximum absolute atomic E-state index is 13.8. The van der Waals surface area contributed by atoms with Crippen LogP contribution in [-0.2, 0) is 0 Å². The fourth-order valence-electron chi connectivity index (χ4n) is 3.14. The van der Waals surface area contributed by atoms with Crippen LogP contribution in [0.4, 0.5) is 20.3 Å². The Hall–Kier alpha value is -2.43. The van der Waals surface area contributed by atoms with Gasteiger partial charge >= 0.3 is 0 Å². The molecule has 1 fully saturated rings. The zero-order chi connectivity index (χ0) is 21.2. The van der Waals surface area contributed by atoms with E-state index in [-0.39, 0.29) is 35.5 Å². The molecule has 0 bridgehead atoms. The lowest BCUT2D eigenvalue weighted by atomic mass is 10.1. The average Bonchev–Trinajstić information content (AvgIpc) is 2.85. The number of pyridine rings is 1. The molecule has 152 valence electrons. The molecule has 1 amide bonds. The molecule has 0 radical (unpaired) electrons. The predicted octanol–water partition coefficient (Wildman–Crippen LogP) is 5.45. The molecule has 0 atom stereocenters. The van der Waals surface area contributed by atoms with E-state index in [1.807, 2.05) is 6.07 Å². The lowest BCUT2D eigenvalue weighted by Crippen LogP contribution is -2.29. The van der Waals surface area contributed by atoms with Gasteiger partial charge in [-0.1, -0.05) is 23.2 Å². The van der Waals surface area contributed by atoms with Crippen molar-refractivity contribution in [1.29, 1.82) is 5.26 Å². The number of anilines is 2. The van der Waals surface area contributed by atoms with Gasteiger partial charge in [0.2, 0.25) is 5.92 Å². The summed E-state index contributed by atoms with van der Waals surface area (Å²) in [6.07, 6.45) is -0.209. The second-order valence-corrected chi connectivity index (χ2v) is 7.70. The largest absolute Gasteiger partial charge is 0.356 e. The summed E-state index contributed by atoms with van der Waals surface area (Å²) in [5.41, 5.74) is 1.28.